The number of hydrogen-bond donors (Lipinski definition) is 1. The van der Waals surface area contributed by atoms with Crippen LogP contribution in [0.15, 0.2) is 88.3 Å². The predicted molar refractivity (Wildman–Crippen MR) is 114 cm³/mol. The predicted octanol–water partition coefficient (Wildman–Crippen LogP) is 5.23. The Labute approximate surface area is 168 Å². The SMILES string of the molecule is COc1ccc(NC(=O)c2cc3ccccc3oc2=Nc2cccc(C)c2)cc1. The summed E-state index contributed by atoms with van der Waals surface area (Å²) in [5.41, 5.74) is 3.76. The molecule has 0 aliphatic carbocycles. The Hall–Kier alpha value is -3.86. The summed E-state index contributed by atoms with van der Waals surface area (Å²) in [6.07, 6.45) is 0. The minimum atomic E-state index is -0.295. The minimum Gasteiger partial charge on any atom is -0.497 e. The van der Waals surface area contributed by atoms with E-state index in [2.05, 4.69) is 10.3 Å². The number of para-hydroxylation sites is 1. The number of hydrogen-bond acceptors (Lipinski definition) is 4. The van der Waals surface area contributed by atoms with Crippen LogP contribution >= 0.6 is 0 Å². The monoisotopic (exact) mass is 384 g/mol. The van der Waals surface area contributed by atoms with Crippen LogP contribution in [0.2, 0.25) is 0 Å². The van der Waals surface area contributed by atoms with Gasteiger partial charge in [-0.1, -0.05) is 30.3 Å². The summed E-state index contributed by atoms with van der Waals surface area (Å²) in [5, 5.41) is 3.73. The lowest BCUT2D eigenvalue weighted by Gasteiger charge is -2.08. The zero-order valence-corrected chi connectivity index (χ0v) is 16.2. The Kier molecular flexibility index (Phi) is 5.12. The molecule has 1 amide bonds. The van der Waals surface area contributed by atoms with Crippen LogP contribution in [0.25, 0.3) is 11.0 Å². The fourth-order valence-electron chi connectivity index (χ4n) is 3.00. The highest BCUT2D eigenvalue weighted by Gasteiger charge is 2.13. The van der Waals surface area contributed by atoms with Gasteiger partial charge in [-0.15, -0.1) is 0 Å². The molecule has 1 aromatic heterocycles. The highest BCUT2D eigenvalue weighted by Crippen LogP contribution is 2.18. The van der Waals surface area contributed by atoms with E-state index in [-0.39, 0.29) is 11.5 Å². The Morgan fingerprint density at radius 1 is 0.966 bits per heavy atom. The van der Waals surface area contributed by atoms with E-state index in [1.807, 2.05) is 55.5 Å². The van der Waals surface area contributed by atoms with Gasteiger partial charge in [-0.25, -0.2) is 4.99 Å². The third kappa shape index (κ3) is 4.19. The molecule has 5 heteroatoms. The molecule has 144 valence electrons. The lowest BCUT2D eigenvalue weighted by molar-refractivity contribution is 0.102. The van der Waals surface area contributed by atoms with Crippen LogP contribution in [-0.2, 0) is 0 Å². The number of benzene rings is 3. The molecule has 0 radical (unpaired) electrons. The standard InChI is InChI=1S/C24H20N2O3/c1-16-6-5-8-19(14-16)26-24-21(15-17-7-3-4-9-22(17)29-24)23(27)25-18-10-12-20(28-2)13-11-18/h3-15H,1-2H3,(H,25,27). The maximum atomic E-state index is 13.0. The number of rotatable bonds is 4. The van der Waals surface area contributed by atoms with Gasteiger partial charge in [0.15, 0.2) is 0 Å². The number of fused-ring (bicyclic) bond motifs is 1. The zero-order valence-electron chi connectivity index (χ0n) is 16.2. The summed E-state index contributed by atoms with van der Waals surface area (Å²) in [5.74, 6) is 0.426. The fourth-order valence-corrected chi connectivity index (χ4v) is 3.00. The van der Waals surface area contributed by atoms with E-state index in [1.54, 1.807) is 37.4 Å². The van der Waals surface area contributed by atoms with E-state index >= 15 is 0 Å². The lowest BCUT2D eigenvalue weighted by atomic mass is 10.1. The first-order valence-electron chi connectivity index (χ1n) is 9.22. The van der Waals surface area contributed by atoms with Crippen LogP contribution in [0.5, 0.6) is 5.75 Å². The summed E-state index contributed by atoms with van der Waals surface area (Å²) in [4.78, 5) is 17.6. The fraction of sp³-hybridized carbons (Fsp3) is 0.0833. The molecule has 4 aromatic rings. The lowest BCUT2D eigenvalue weighted by Crippen LogP contribution is -2.21. The van der Waals surface area contributed by atoms with Crippen LogP contribution in [0, 0.1) is 6.92 Å². The summed E-state index contributed by atoms with van der Waals surface area (Å²) >= 11 is 0. The van der Waals surface area contributed by atoms with Crippen molar-refractivity contribution in [2.45, 2.75) is 6.92 Å². The summed E-state index contributed by atoms with van der Waals surface area (Å²) in [6.45, 7) is 1.99. The Balaban J connectivity index is 1.79. The van der Waals surface area contributed by atoms with Gasteiger partial charge in [0.2, 0.25) is 5.55 Å². The molecule has 0 saturated carbocycles. The van der Waals surface area contributed by atoms with Crippen molar-refractivity contribution in [3.05, 3.63) is 95.5 Å². The van der Waals surface area contributed by atoms with Crippen LogP contribution < -0.4 is 15.6 Å². The number of ether oxygens (including phenoxy) is 1. The first kappa shape index (κ1) is 18.5. The van der Waals surface area contributed by atoms with Gasteiger partial charge in [0, 0.05) is 11.1 Å². The normalized spacial score (nSPS) is 11.4. The number of anilines is 1. The molecular weight excluding hydrogens is 364 g/mol. The minimum absolute atomic E-state index is 0.264. The van der Waals surface area contributed by atoms with Gasteiger partial charge in [0.1, 0.15) is 16.9 Å². The van der Waals surface area contributed by atoms with Crippen molar-refractivity contribution in [2.24, 2.45) is 4.99 Å². The number of methoxy groups -OCH3 is 1. The van der Waals surface area contributed by atoms with E-state index in [1.165, 1.54) is 0 Å². The highest BCUT2D eigenvalue weighted by atomic mass is 16.5. The molecule has 0 saturated heterocycles. The Morgan fingerprint density at radius 3 is 2.52 bits per heavy atom. The molecule has 5 nitrogen and oxygen atoms in total. The molecule has 4 rings (SSSR count). The molecule has 1 N–H and O–H groups in total. The molecule has 1 heterocycles. The van der Waals surface area contributed by atoms with E-state index in [4.69, 9.17) is 9.15 Å². The van der Waals surface area contributed by atoms with Crippen molar-refractivity contribution in [1.82, 2.24) is 0 Å². The van der Waals surface area contributed by atoms with Gasteiger partial charge < -0.3 is 14.5 Å². The molecule has 0 spiro atoms. The van der Waals surface area contributed by atoms with Crippen LogP contribution in [-0.4, -0.2) is 13.0 Å². The van der Waals surface area contributed by atoms with Gasteiger partial charge in [-0.05, 0) is 61.0 Å². The smallest absolute Gasteiger partial charge is 0.261 e. The van der Waals surface area contributed by atoms with Crippen molar-refractivity contribution in [2.75, 3.05) is 12.4 Å². The summed E-state index contributed by atoms with van der Waals surface area (Å²) in [7, 11) is 1.60. The van der Waals surface area contributed by atoms with Crippen molar-refractivity contribution in [3.8, 4) is 5.75 Å². The second kappa shape index (κ2) is 8.02. The topological polar surface area (TPSA) is 63.8 Å². The number of aryl methyl sites for hydroxylation is 1. The van der Waals surface area contributed by atoms with Gasteiger partial charge in [0.25, 0.3) is 5.91 Å². The second-order valence-electron chi connectivity index (χ2n) is 6.64. The number of carbonyl (C=O) groups excluding carboxylic acids is 1. The maximum absolute atomic E-state index is 13.0. The summed E-state index contributed by atoms with van der Waals surface area (Å²) in [6, 6.07) is 24.2. The van der Waals surface area contributed by atoms with E-state index in [0.29, 0.717) is 16.8 Å². The largest absolute Gasteiger partial charge is 0.497 e. The molecule has 0 unspecified atom stereocenters. The number of nitrogens with zero attached hydrogens (tertiary/aromatic N) is 1. The number of carbonyl (C=O) groups is 1. The molecular formula is C24H20N2O3. The van der Waals surface area contributed by atoms with E-state index < -0.39 is 0 Å². The molecule has 0 bridgehead atoms. The van der Waals surface area contributed by atoms with Gasteiger partial charge in [0.05, 0.1) is 12.8 Å². The molecule has 0 atom stereocenters. The highest BCUT2D eigenvalue weighted by molar-refractivity contribution is 6.05. The third-order valence-corrected chi connectivity index (χ3v) is 4.48. The van der Waals surface area contributed by atoms with Gasteiger partial charge >= 0.3 is 0 Å². The molecule has 0 aliphatic rings. The van der Waals surface area contributed by atoms with Crippen molar-refractivity contribution >= 4 is 28.3 Å². The molecule has 0 aliphatic heterocycles. The Bertz CT molecular complexity index is 1240. The summed E-state index contributed by atoms with van der Waals surface area (Å²) < 4.78 is 11.1. The first-order valence-corrected chi connectivity index (χ1v) is 9.22. The van der Waals surface area contributed by atoms with E-state index in [0.717, 1.165) is 22.4 Å². The average Bonchev–Trinajstić information content (AvgIpc) is 2.74. The first-order chi connectivity index (χ1) is 14.1. The van der Waals surface area contributed by atoms with E-state index in [9.17, 15) is 4.79 Å². The van der Waals surface area contributed by atoms with Crippen molar-refractivity contribution in [3.63, 3.8) is 0 Å². The molecule has 0 fully saturated rings. The quantitative estimate of drug-likeness (QED) is 0.524. The van der Waals surface area contributed by atoms with Crippen LogP contribution in [0.3, 0.4) is 0 Å². The second-order valence-corrected chi connectivity index (χ2v) is 6.64. The third-order valence-electron chi connectivity index (χ3n) is 4.48. The van der Waals surface area contributed by atoms with Crippen molar-refractivity contribution in [1.29, 1.82) is 0 Å². The molecule has 3 aromatic carbocycles. The van der Waals surface area contributed by atoms with Crippen LogP contribution in [0.4, 0.5) is 11.4 Å². The maximum Gasteiger partial charge on any atom is 0.261 e. The Morgan fingerprint density at radius 2 is 1.76 bits per heavy atom. The zero-order chi connectivity index (χ0) is 20.2. The average molecular weight is 384 g/mol. The molecule has 29 heavy (non-hydrogen) atoms. The number of amides is 1. The van der Waals surface area contributed by atoms with Crippen molar-refractivity contribution < 1.29 is 13.9 Å². The van der Waals surface area contributed by atoms with Gasteiger partial charge in [-0.3, -0.25) is 4.79 Å². The number of nitrogens with one attached hydrogen (secondary N) is 1. The van der Waals surface area contributed by atoms with Gasteiger partial charge in [-0.2, -0.15) is 0 Å². The van der Waals surface area contributed by atoms with Crippen LogP contribution in [0.1, 0.15) is 15.9 Å².